The van der Waals surface area contributed by atoms with Gasteiger partial charge in [-0.15, -0.1) is 11.3 Å². The minimum Gasteiger partial charge on any atom is -0.351 e. The van der Waals surface area contributed by atoms with E-state index in [1.807, 2.05) is 36.4 Å². The van der Waals surface area contributed by atoms with Gasteiger partial charge in [0.25, 0.3) is 5.91 Å². The second kappa shape index (κ2) is 9.03. The largest absolute Gasteiger partial charge is 0.351 e. The number of thiophene rings is 1. The van der Waals surface area contributed by atoms with E-state index in [4.69, 9.17) is 17.3 Å². The lowest BCUT2D eigenvalue weighted by atomic mass is 10.1. The molecule has 142 valence electrons. The summed E-state index contributed by atoms with van der Waals surface area (Å²) in [6.45, 7) is 1.72. The Balaban J connectivity index is 1.78. The summed E-state index contributed by atoms with van der Waals surface area (Å²) in [4.78, 5) is 25.3. The van der Waals surface area contributed by atoms with Gasteiger partial charge >= 0.3 is 6.03 Å². The molecular formula is C19H21ClN4O2S. The molecule has 1 aromatic heterocycles. The van der Waals surface area contributed by atoms with Crippen LogP contribution in [-0.2, 0) is 0 Å². The number of nitrogens with one attached hydrogen (secondary N) is 3. The Labute approximate surface area is 166 Å². The van der Waals surface area contributed by atoms with Crippen LogP contribution >= 0.6 is 22.9 Å². The normalized spacial score (nSPS) is 17.0. The van der Waals surface area contributed by atoms with E-state index >= 15 is 0 Å². The zero-order valence-corrected chi connectivity index (χ0v) is 16.2. The first kappa shape index (κ1) is 19.4. The SMILES string of the molecule is NC(=O)Nc1cc(/C=C/c2ccc(Cl)cc2)sc1C(=O)N[C@H]1CCCNC1. The van der Waals surface area contributed by atoms with Crippen molar-refractivity contribution in [1.82, 2.24) is 10.6 Å². The predicted octanol–water partition coefficient (Wildman–Crippen LogP) is 3.54. The molecule has 8 heteroatoms. The van der Waals surface area contributed by atoms with Crippen molar-refractivity contribution < 1.29 is 9.59 Å². The maximum atomic E-state index is 12.7. The molecular weight excluding hydrogens is 384 g/mol. The standard InChI is InChI=1S/C19H21ClN4O2S/c20-13-6-3-12(4-7-13)5-8-15-10-16(24-19(21)26)17(27-15)18(25)23-14-2-1-9-22-11-14/h3-8,10,14,22H,1-2,9,11H2,(H,23,25)(H3,21,24,26)/b8-5+/t14-/m0/s1. The first-order valence-electron chi connectivity index (χ1n) is 8.67. The van der Waals surface area contributed by atoms with Crippen molar-refractivity contribution in [3.63, 3.8) is 0 Å². The Hall–Kier alpha value is -2.35. The van der Waals surface area contributed by atoms with E-state index in [2.05, 4.69) is 16.0 Å². The second-order valence-corrected chi connectivity index (χ2v) is 7.80. The minimum atomic E-state index is -0.700. The summed E-state index contributed by atoms with van der Waals surface area (Å²) < 4.78 is 0. The maximum absolute atomic E-state index is 12.7. The molecule has 3 amide bonds. The molecule has 0 bridgehead atoms. The fraction of sp³-hybridized carbons (Fsp3) is 0.263. The lowest BCUT2D eigenvalue weighted by Crippen LogP contribution is -2.45. The van der Waals surface area contributed by atoms with Gasteiger partial charge in [-0.2, -0.15) is 0 Å². The predicted molar refractivity (Wildman–Crippen MR) is 111 cm³/mol. The molecule has 5 N–H and O–H groups in total. The molecule has 3 rings (SSSR count). The molecule has 2 heterocycles. The number of primary amides is 1. The van der Waals surface area contributed by atoms with Crippen LogP contribution in [0, 0.1) is 0 Å². The van der Waals surface area contributed by atoms with E-state index in [1.54, 1.807) is 6.07 Å². The number of benzene rings is 1. The van der Waals surface area contributed by atoms with Gasteiger partial charge in [0.2, 0.25) is 0 Å². The third-order valence-electron chi connectivity index (χ3n) is 4.16. The number of piperidine rings is 1. The summed E-state index contributed by atoms with van der Waals surface area (Å²) in [5.74, 6) is -0.205. The average molecular weight is 405 g/mol. The third kappa shape index (κ3) is 5.56. The Kier molecular flexibility index (Phi) is 6.49. The lowest BCUT2D eigenvalue weighted by molar-refractivity contribution is 0.0935. The number of anilines is 1. The van der Waals surface area contributed by atoms with Gasteiger partial charge in [0.1, 0.15) is 4.88 Å². The smallest absolute Gasteiger partial charge is 0.316 e. The highest BCUT2D eigenvalue weighted by atomic mass is 35.5. The van der Waals surface area contributed by atoms with Crippen molar-refractivity contribution in [3.8, 4) is 0 Å². The number of urea groups is 1. The minimum absolute atomic E-state index is 0.0860. The van der Waals surface area contributed by atoms with E-state index in [-0.39, 0.29) is 11.9 Å². The number of carbonyl (C=O) groups is 2. The van der Waals surface area contributed by atoms with Gasteiger partial charge in [0.05, 0.1) is 5.69 Å². The molecule has 0 radical (unpaired) electrons. The number of hydrogen-bond donors (Lipinski definition) is 4. The lowest BCUT2D eigenvalue weighted by Gasteiger charge is -2.23. The quantitative estimate of drug-likeness (QED) is 0.613. The van der Waals surface area contributed by atoms with Crippen LogP contribution in [0.5, 0.6) is 0 Å². The van der Waals surface area contributed by atoms with E-state index in [9.17, 15) is 9.59 Å². The summed E-state index contributed by atoms with van der Waals surface area (Å²) in [6, 6.07) is 8.56. The van der Waals surface area contributed by atoms with Crippen molar-refractivity contribution in [2.75, 3.05) is 18.4 Å². The number of halogens is 1. The second-order valence-electron chi connectivity index (χ2n) is 6.28. The topological polar surface area (TPSA) is 96.2 Å². The zero-order chi connectivity index (χ0) is 19.2. The first-order valence-corrected chi connectivity index (χ1v) is 9.86. The van der Waals surface area contributed by atoms with Crippen molar-refractivity contribution >= 4 is 52.7 Å². The Morgan fingerprint density at radius 3 is 2.70 bits per heavy atom. The van der Waals surface area contributed by atoms with Gasteiger partial charge in [-0.3, -0.25) is 4.79 Å². The molecule has 1 fully saturated rings. The molecule has 0 unspecified atom stereocenters. The van der Waals surface area contributed by atoms with E-state index < -0.39 is 6.03 Å². The number of nitrogens with two attached hydrogens (primary N) is 1. The monoisotopic (exact) mass is 404 g/mol. The average Bonchev–Trinajstić information content (AvgIpc) is 3.04. The summed E-state index contributed by atoms with van der Waals surface area (Å²) in [6.07, 6.45) is 5.77. The summed E-state index contributed by atoms with van der Waals surface area (Å²) in [5.41, 5.74) is 6.65. The number of hydrogen-bond acceptors (Lipinski definition) is 4. The van der Waals surface area contributed by atoms with Crippen LogP contribution in [0.25, 0.3) is 12.2 Å². The fourth-order valence-electron chi connectivity index (χ4n) is 2.86. The van der Waals surface area contributed by atoms with Crippen molar-refractivity contribution in [2.24, 2.45) is 5.73 Å². The van der Waals surface area contributed by atoms with Gasteiger partial charge in [-0.25, -0.2) is 4.79 Å². The number of rotatable bonds is 5. The zero-order valence-electron chi connectivity index (χ0n) is 14.6. The Morgan fingerprint density at radius 2 is 2.04 bits per heavy atom. The highest BCUT2D eigenvalue weighted by Crippen LogP contribution is 2.29. The van der Waals surface area contributed by atoms with Crippen LogP contribution in [-0.4, -0.2) is 31.1 Å². The van der Waals surface area contributed by atoms with E-state index in [1.165, 1.54) is 11.3 Å². The van der Waals surface area contributed by atoms with E-state index in [0.29, 0.717) is 15.6 Å². The van der Waals surface area contributed by atoms with Crippen molar-refractivity contribution in [1.29, 1.82) is 0 Å². The molecule has 6 nitrogen and oxygen atoms in total. The maximum Gasteiger partial charge on any atom is 0.316 e. The van der Waals surface area contributed by atoms with Crippen LogP contribution in [0.2, 0.25) is 5.02 Å². The highest BCUT2D eigenvalue weighted by Gasteiger charge is 2.21. The molecule has 1 aliphatic heterocycles. The van der Waals surface area contributed by atoms with Gasteiger partial charge < -0.3 is 21.7 Å². The summed E-state index contributed by atoms with van der Waals surface area (Å²) >= 11 is 7.20. The van der Waals surface area contributed by atoms with Crippen LogP contribution in [0.4, 0.5) is 10.5 Å². The highest BCUT2D eigenvalue weighted by molar-refractivity contribution is 7.15. The molecule has 0 aliphatic carbocycles. The molecule has 0 saturated carbocycles. The Morgan fingerprint density at radius 1 is 1.26 bits per heavy atom. The van der Waals surface area contributed by atoms with Crippen molar-refractivity contribution in [2.45, 2.75) is 18.9 Å². The van der Waals surface area contributed by atoms with Gasteiger partial charge in [-0.05, 0) is 49.2 Å². The Bertz CT molecular complexity index is 842. The molecule has 1 aromatic carbocycles. The number of amides is 3. The van der Waals surface area contributed by atoms with Crippen LogP contribution in [0.3, 0.4) is 0 Å². The first-order chi connectivity index (χ1) is 13.0. The van der Waals surface area contributed by atoms with Gasteiger partial charge in [-0.1, -0.05) is 29.8 Å². The molecule has 1 atom stereocenters. The molecule has 2 aromatic rings. The summed E-state index contributed by atoms with van der Waals surface area (Å²) in [5, 5.41) is 9.50. The summed E-state index contributed by atoms with van der Waals surface area (Å²) in [7, 11) is 0. The van der Waals surface area contributed by atoms with Crippen LogP contribution in [0.15, 0.2) is 30.3 Å². The molecule has 1 saturated heterocycles. The molecule has 27 heavy (non-hydrogen) atoms. The van der Waals surface area contributed by atoms with Crippen LogP contribution < -0.4 is 21.7 Å². The van der Waals surface area contributed by atoms with Crippen molar-refractivity contribution in [3.05, 3.63) is 50.7 Å². The molecule has 0 spiro atoms. The van der Waals surface area contributed by atoms with Crippen LogP contribution in [0.1, 0.15) is 33.0 Å². The molecule has 1 aliphatic rings. The van der Waals surface area contributed by atoms with Gasteiger partial charge in [0, 0.05) is 22.5 Å². The van der Waals surface area contributed by atoms with E-state index in [0.717, 1.165) is 36.4 Å². The fourth-order valence-corrected chi connectivity index (χ4v) is 3.91. The van der Waals surface area contributed by atoms with Gasteiger partial charge in [0.15, 0.2) is 0 Å². The number of carbonyl (C=O) groups excluding carboxylic acids is 2. The third-order valence-corrected chi connectivity index (χ3v) is 5.51.